The number of halogens is 3. The smallest absolute Gasteiger partial charge is 0.294 e. The first-order valence-electron chi connectivity index (χ1n) is 9.26. The summed E-state index contributed by atoms with van der Waals surface area (Å²) in [6.45, 7) is 0. The highest BCUT2D eigenvalue weighted by molar-refractivity contribution is 6.15. The average molecular weight is 375 g/mol. The van der Waals surface area contributed by atoms with Crippen LogP contribution in [0.1, 0.15) is 66.1 Å². The molecule has 2 heterocycles. The Bertz CT molecular complexity index is 892. The second kappa shape index (κ2) is 6.94. The van der Waals surface area contributed by atoms with Crippen molar-refractivity contribution in [1.29, 1.82) is 0 Å². The Balaban J connectivity index is 1.67. The lowest BCUT2D eigenvalue weighted by atomic mass is 9.94. The Morgan fingerprint density at radius 2 is 1.85 bits per heavy atom. The summed E-state index contributed by atoms with van der Waals surface area (Å²) in [6.07, 6.45) is 2.58. The lowest BCUT2D eigenvalue weighted by Crippen LogP contribution is -2.19. The molecule has 2 aliphatic rings. The zero-order valence-corrected chi connectivity index (χ0v) is 14.8. The molecule has 1 fully saturated rings. The molecule has 0 spiro atoms. The predicted molar refractivity (Wildman–Crippen MR) is 95.5 cm³/mol. The Morgan fingerprint density at radius 1 is 1.11 bits per heavy atom. The molecule has 1 aromatic heterocycles. The zero-order valence-electron chi connectivity index (χ0n) is 14.8. The van der Waals surface area contributed by atoms with Gasteiger partial charge in [0, 0.05) is 12.1 Å². The van der Waals surface area contributed by atoms with Crippen molar-refractivity contribution in [1.82, 2.24) is 9.78 Å². The van der Waals surface area contributed by atoms with Gasteiger partial charge in [-0.25, -0.2) is 9.67 Å². The third kappa shape index (κ3) is 3.55. The minimum Gasteiger partial charge on any atom is -0.294 e. The predicted octanol–water partition coefficient (Wildman–Crippen LogP) is 5.31. The van der Waals surface area contributed by atoms with Gasteiger partial charge in [-0.15, -0.1) is 0 Å². The first kappa shape index (κ1) is 17.9. The van der Waals surface area contributed by atoms with Crippen LogP contribution < -0.4 is 0 Å². The number of carbonyl (C=O) groups excluding carboxylic acids is 1. The van der Waals surface area contributed by atoms with Crippen LogP contribution in [0.2, 0.25) is 0 Å². The lowest BCUT2D eigenvalue weighted by molar-refractivity contribution is -0.138. The Morgan fingerprint density at radius 3 is 2.59 bits per heavy atom. The van der Waals surface area contributed by atoms with Crippen LogP contribution in [0.15, 0.2) is 35.5 Å². The van der Waals surface area contributed by atoms with Crippen molar-refractivity contribution < 1.29 is 18.0 Å². The van der Waals surface area contributed by atoms with Gasteiger partial charge in [0.25, 0.3) is 0 Å². The van der Waals surface area contributed by atoms with Crippen LogP contribution in [0, 0.1) is 0 Å². The van der Waals surface area contributed by atoms with Gasteiger partial charge in [-0.1, -0.05) is 37.5 Å². The van der Waals surface area contributed by atoms with Crippen LogP contribution in [0.4, 0.5) is 19.0 Å². The molecule has 0 atom stereocenters. The minimum atomic E-state index is -4.43. The van der Waals surface area contributed by atoms with Crippen LogP contribution >= 0.6 is 0 Å². The molecule has 27 heavy (non-hydrogen) atoms. The first-order valence-corrected chi connectivity index (χ1v) is 9.26. The van der Waals surface area contributed by atoms with E-state index in [1.165, 1.54) is 18.6 Å². The number of fused-ring (bicyclic) bond motifs is 1. The minimum absolute atomic E-state index is 0.0106. The van der Waals surface area contributed by atoms with Gasteiger partial charge in [0.05, 0.1) is 29.8 Å². The van der Waals surface area contributed by atoms with Crippen molar-refractivity contribution in [2.24, 2.45) is 4.99 Å². The monoisotopic (exact) mass is 375 g/mol. The van der Waals surface area contributed by atoms with Crippen LogP contribution in [0.3, 0.4) is 0 Å². The fourth-order valence-corrected chi connectivity index (χ4v) is 4.00. The summed E-state index contributed by atoms with van der Waals surface area (Å²) in [6, 6.07) is 5.67. The van der Waals surface area contributed by atoms with Crippen molar-refractivity contribution in [3.8, 4) is 0 Å². The van der Waals surface area contributed by atoms with Gasteiger partial charge in [-0.05, 0) is 24.5 Å². The second-order valence-electron chi connectivity index (χ2n) is 7.23. The highest BCUT2D eigenvalue weighted by Gasteiger charge is 2.34. The van der Waals surface area contributed by atoms with Gasteiger partial charge in [-0.3, -0.25) is 4.79 Å². The fourth-order valence-electron chi connectivity index (χ4n) is 4.00. The topological polar surface area (TPSA) is 47.2 Å². The Hall–Kier alpha value is -2.44. The molecule has 0 amide bonds. The first-order chi connectivity index (χ1) is 12.9. The molecule has 0 bridgehead atoms. The Labute approximate surface area is 155 Å². The SMILES string of the molecule is O=C1CC(Cc2ccccc2C(F)(F)F)=Nc2c1cnn2C1CCCCC1. The maximum Gasteiger partial charge on any atom is 0.416 e. The molecule has 7 heteroatoms. The van der Waals surface area contributed by atoms with E-state index in [-0.39, 0.29) is 30.2 Å². The number of ketones is 1. The van der Waals surface area contributed by atoms with Gasteiger partial charge in [0.2, 0.25) is 0 Å². The highest BCUT2D eigenvalue weighted by atomic mass is 19.4. The van der Waals surface area contributed by atoms with Gasteiger partial charge in [-0.2, -0.15) is 18.3 Å². The van der Waals surface area contributed by atoms with E-state index in [1.54, 1.807) is 16.9 Å². The molecule has 2 aromatic rings. The van der Waals surface area contributed by atoms with Crippen LogP contribution in [0.25, 0.3) is 0 Å². The van der Waals surface area contributed by atoms with Crippen LogP contribution in [0.5, 0.6) is 0 Å². The fraction of sp³-hybridized carbons (Fsp3) is 0.450. The maximum absolute atomic E-state index is 13.3. The molecule has 1 aliphatic carbocycles. The summed E-state index contributed by atoms with van der Waals surface area (Å²) in [7, 11) is 0. The van der Waals surface area contributed by atoms with E-state index in [0.29, 0.717) is 17.1 Å². The molecule has 1 aromatic carbocycles. The third-order valence-electron chi connectivity index (χ3n) is 5.34. The third-order valence-corrected chi connectivity index (χ3v) is 5.34. The number of hydrogen-bond acceptors (Lipinski definition) is 3. The summed E-state index contributed by atoms with van der Waals surface area (Å²) in [5, 5.41) is 4.38. The van der Waals surface area contributed by atoms with Gasteiger partial charge in [0.1, 0.15) is 0 Å². The number of benzene rings is 1. The van der Waals surface area contributed by atoms with E-state index in [4.69, 9.17) is 0 Å². The van der Waals surface area contributed by atoms with E-state index in [9.17, 15) is 18.0 Å². The number of hydrogen-bond donors (Lipinski definition) is 0. The summed E-state index contributed by atoms with van der Waals surface area (Å²) in [5.41, 5.74) is 0.408. The molecular weight excluding hydrogens is 355 g/mol. The standard InChI is InChI=1S/C20H20F3N3O/c21-20(22,23)17-9-5-4-6-13(17)10-14-11-18(27)16-12-24-26(19(16)25-14)15-7-2-1-3-8-15/h4-6,9,12,15H,1-3,7-8,10-11H2. The molecular formula is C20H20F3N3O. The second-order valence-corrected chi connectivity index (χ2v) is 7.23. The molecule has 1 aliphatic heterocycles. The van der Waals surface area contributed by atoms with E-state index in [0.717, 1.165) is 31.7 Å². The summed E-state index contributed by atoms with van der Waals surface area (Å²) >= 11 is 0. The number of Topliss-reactive ketones (excluding diaryl/α,β-unsaturated/α-hetero) is 1. The van der Waals surface area contributed by atoms with E-state index < -0.39 is 11.7 Å². The molecule has 1 saturated carbocycles. The lowest BCUT2D eigenvalue weighted by Gasteiger charge is -2.24. The van der Waals surface area contributed by atoms with Gasteiger partial charge in [0.15, 0.2) is 11.6 Å². The largest absolute Gasteiger partial charge is 0.416 e. The van der Waals surface area contributed by atoms with Crippen molar-refractivity contribution >= 4 is 17.3 Å². The molecule has 0 radical (unpaired) electrons. The van der Waals surface area contributed by atoms with E-state index in [1.807, 2.05) is 0 Å². The molecule has 4 nitrogen and oxygen atoms in total. The number of aromatic nitrogens is 2. The number of aliphatic imine (C=N–C) groups is 1. The number of rotatable bonds is 3. The van der Waals surface area contributed by atoms with E-state index in [2.05, 4.69) is 10.1 Å². The summed E-state index contributed by atoms with van der Waals surface area (Å²) in [4.78, 5) is 17.1. The molecule has 0 unspecified atom stereocenters. The average Bonchev–Trinajstić information content (AvgIpc) is 3.06. The normalized spacial score (nSPS) is 18.3. The summed E-state index contributed by atoms with van der Waals surface area (Å²) in [5.74, 6) is 0.388. The van der Waals surface area contributed by atoms with E-state index >= 15 is 0 Å². The molecule has 0 N–H and O–H groups in total. The summed E-state index contributed by atoms with van der Waals surface area (Å²) < 4.78 is 41.6. The number of nitrogens with zero attached hydrogens (tertiary/aromatic N) is 3. The Kier molecular flexibility index (Phi) is 4.61. The van der Waals surface area contributed by atoms with Crippen LogP contribution in [-0.4, -0.2) is 21.3 Å². The molecule has 4 rings (SSSR count). The van der Waals surface area contributed by atoms with Gasteiger partial charge < -0.3 is 0 Å². The van der Waals surface area contributed by atoms with Crippen molar-refractivity contribution in [2.45, 2.75) is 57.2 Å². The van der Waals surface area contributed by atoms with Crippen LogP contribution in [-0.2, 0) is 12.6 Å². The number of carbonyl (C=O) groups is 1. The quantitative estimate of drug-likeness (QED) is 0.730. The highest BCUT2D eigenvalue weighted by Crippen LogP contribution is 2.36. The maximum atomic E-state index is 13.3. The van der Waals surface area contributed by atoms with Crippen molar-refractivity contribution in [3.05, 3.63) is 47.2 Å². The van der Waals surface area contributed by atoms with Crippen molar-refractivity contribution in [3.63, 3.8) is 0 Å². The molecule has 142 valence electrons. The van der Waals surface area contributed by atoms with Crippen molar-refractivity contribution in [2.75, 3.05) is 0 Å². The zero-order chi connectivity index (χ0) is 19.0. The van der Waals surface area contributed by atoms with Gasteiger partial charge >= 0.3 is 6.18 Å². The number of alkyl halides is 3. The molecule has 0 saturated heterocycles.